The molecule has 0 radical (unpaired) electrons. The Labute approximate surface area is 132 Å². The van der Waals surface area contributed by atoms with E-state index in [0.717, 1.165) is 19.4 Å². The van der Waals surface area contributed by atoms with E-state index in [0.29, 0.717) is 5.92 Å². The molecule has 21 heavy (non-hydrogen) atoms. The summed E-state index contributed by atoms with van der Waals surface area (Å²) < 4.78 is 0. The molecule has 1 heterocycles. The Morgan fingerprint density at radius 1 is 1.14 bits per heavy atom. The van der Waals surface area contributed by atoms with Crippen molar-refractivity contribution in [1.82, 2.24) is 10.3 Å². The van der Waals surface area contributed by atoms with Crippen molar-refractivity contribution in [3.8, 4) is 0 Å². The first kappa shape index (κ1) is 16.2. The molecule has 2 nitrogen and oxygen atoms in total. The van der Waals surface area contributed by atoms with Crippen LogP contribution in [-0.2, 0) is 19.4 Å². The van der Waals surface area contributed by atoms with Crippen LogP contribution in [-0.4, -0.2) is 12.0 Å². The van der Waals surface area contributed by atoms with Crippen LogP contribution < -0.4 is 5.32 Å². The molecule has 0 saturated heterocycles. The smallest absolute Gasteiger partial charge is 0.0975 e. The van der Waals surface area contributed by atoms with Gasteiger partial charge in [-0.3, -0.25) is 0 Å². The molecular weight excluding hydrogens is 276 g/mol. The lowest BCUT2D eigenvalue weighted by Crippen LogP contribution is -2.07. The summed E-state index contributed by atoms with van der Waals surface area (Å²) in [6.07, 6.45) is 2.02. The molecular formula is C18H26N2S. The number of rotatable bonds is 6. The maximum absolute atomic E-state index is 4.90. The third-order valence-corrected chi connectivity index (χ3v) is 4.50. The fourth-order valence-electron chi connectivity index (χ4n) is 2.70. The maximum atomic E-state index is 4.90. The van der Waals surface area contributed by atoms with Gasteiger partial charge >= 0.3 is 0 Å². The Hall–Kier alpha value is -1.19. The SMILES string of the molecule is CNCc1sc(Cc2cc(C)cc(C)c2)nc1CC(C)C. The Balaban J connectivity index is 2.23. The molecule has 0 aliphatic rings. The number of hydrogen-bond donors (Lipinski definition) is 1. The fraction of sp³-hybridized carbons (Fsp3) is 0.500. The van der Waals surface area contributed by atoms with E-state index in [9.17, 15) is 0 Å². The zero-order chi connectivity index (χ0) is 15.4. The van der Waals surface area contributed by atoms with Crippen molar-refractivity contribution < 1.29 is 0 Å². The zero-order valence-electron chi connectivity index (χ0n) is 13.8. The lowest BCUT2D eigenvalue weighted by atomic mass is 10.1. The van der Waals surface area contributed by atoms with Gasteiger partial charge < -0.3 is 5.32 Å². The van der Waals surface area contributed by atoms with Crippen LogP contribution in [0.15, 0.2) is 18.2 Å². The summed E-state index contributed by atoms with van der Waals surface area (Å²) in [4.78, 5) is 6.30. The topological polar surface area (TPSA) is 24.9 Å². The van der Waals surface area contributed by atoms with Crippen LogP contribution >= 0.6 is 11.3 Å². The highest BCUT2D eigenvalue weighted by atomic mass is 32.1. The fourth-order valence-corrected chi connectivity index (χ4v) is 3.85. The van der Waals surface area contributed by atoms with Gasteiger partial charge in [0.2, 0.25) is 0 Å². The number of thiazole rings is 1. The van der Waals surface area contributed by atoms with Crippen LogP contribution in [0.5, 0.6) is 0 Å². The third kappa shape index (κ3) is 4.65. The molecule has 0 saturated carbocycles. The largest absolute Gasteiger partial charge is 0.315 e. The molecule has 2 aromatic rings. The second-order valence-electron chi connectivity index (χ2n) is 6.28. The number of benzene rings is 1. The van der Waals surface area contributed by atoms with Gasteiger partial charge in [-0.15, -0.1) is 11.3 Å². The molecule has 0 spiro atoms. The Bertz CT molecular complexity index is 579. The molecule has 1 aromatic heterocycles. The normalized spacial score (nSPS) is 11.3. The summed E-state index contributed by atoms with van der Waals surface area (Å²) in [6, 6.07) is 6.77. The van der Waals surface area contributed by atoms with E-state index in [4.69, 9.17) is 4.98 Å². The standard InChI is InChI=1S/C18H26N2S/c1-12(2)6-16-17(11-19-5)21-18(20-16)10-15-8-13(3)7-14(4)9-15/h7-9,12,19H,6,10-11H2,1-5H3. The van der Waals surface area contributed by atoms with E-state index < -0.39 is 0 Å². The molecule has 0 aliphatic heterocycles. The first-order valence-electron chi connectivity index (χ1n) is 7.67. The minimum absolute atomic E-state index is 0.650. The summed E-state index contributed by atoms with van der Waals surface area (Å²) in [7, 11) is 2.00. The quantitative estimate of drug-likeness (QED) is 0.862. The lowest BCUT2D eigenvalue weighted by Gasteiger charge is -2.04. The van der Waals surface area contributed by atoms with E-state index in [2.05, 4.69) is 51.2 Å². The van der Waals surface area contributed by atoms with E-state index in [1.807, 2.05) is 18.4 Å². The Morgan fingerprint density at radius 3 is 2.38 bits per heavy atom. The highest BCUT2D eigenvalue weighted by molar-refractivity contribution is 7.11. The van der Waals surface area contributed by atoms with Crippen molar-refractivity contribution in [3.63, 3.8) is 0 Å². The molecule has 0 fully saturated rings. The first-order chi connectivity index (χ1) is 9.97. The van der Waals surface area contributed by atoms with Gasteiger partial charge in [-0.1, -0.05) is 43.2 Å². The number of nitrogens with zero attached hydrogens (tertiary/aromatic N) is 1. The van der Waals surface area contributed by atoms with Crippen molar-refractivity contribution in [2.75, 3.05) is 7.05 Å². The van der Waals surface area contributed by atoms with Gasteiger partial charge in [0.15, 0.2) is 0 Å². The molecule has 1 aromatic carbocycles. The molecule has 0 bridgehead atoms. The molecule has 2 rings (SSSR count). The summed E-state index contributed by atoms with van der Waals surface area (Å²) in [5, 5.41) is 4.50. The summed E-state index contributed by atoms with van der Waals surface area (Å²) in [5.74, 6) is 0.650. The predicted octanol–water partition coefficient (Wildman–Crippen LogP) is 4.27. The van der Waals surface area contributed by atoms with Crippen LogP contribution in [0.2, 0.25) is 0 Å². The van der Waals surface area contributed by atoms with Crippen molar-refractivity contribution >= 4 is 11.3 Å². The van der Waals surface area contributed by atoms with Gasteiger partial charge in [-0.25, -0.2) is 4.98 Å². The lowest BCUT2D eigenvalue weighted by molar-refractivity contribution is 0.629. The van der Waals surface area contributed by atoms with Crippen LogP contribution in [0.25, 0.3) is 0 Å². The van der Waals surface area contributed by atoms with Gasteiger partial charge in [0, 0.05) is 17.8 Å². The highest BCUT2D eigenvalue weighted by Crippen LogP contribution is 2.24. The number of aromatic nitrogens is 1. The van der Waals surface area contributed by atoms with Gasteiger partial charge in [0.25, 0.3) is 0 Å². The zero-order valence-corrected chi connectivity index (χ0v) is 14.6. The molecule has 0 aliphatic carbocycles. The van der Waals surface area contributed by atoms with Crippen molar-refractivity contribution in [1.29, 1.82) is 0 Å². The highest BCUT2D eigenvalue weighted by Gasteiger charge is 2.12. The Morgan fingerprint density at radius 2 is 1.81 bits per heavy atom. The molecule has 0 amide bonds. The van der Waals surface area contributed by atoms with Gasteiger partial charge in [0.05, 0.1) is 10.7 Å². The van der Waals surface area contributed by atoms with E-state index in [1.165, 1.54) is 32.3 Å². The van der Waals surface area contributed by atoms with Crippen LogP contribution in [0, 0.1) is 19.8 Å². The first-order valence-corrected chi connectivity index (χ1v) is 8.48. The van der Waals surface area contributed by atoms with E-state index in [1.54, 1.807) is 0 Å². The predicted molar refractivity (Wildman–Crippen MR) is 92.1 cm³/mol. The van der Waals surface area contributed by atoms with Crippen molar-refractivity contribution in [2.24, 2.45) is 5.92 Å². The van der Waals surface area contributed by atoms with Crippen LogP contribution in [0.4, 0.5) is 0 Å². The summed E-state index contributed by atoms with van der Waals surface area (Å²) in [5.41, 5.74) is 5.32. The molecule has 1 N–H and O–H groups in total. The Kier molecular flexibility index (Phi) is 5.54. The maximum Gasteiger partial charge on any atom is 0.0975 e. The van der Waals surface area contributed by atoms with Gasteiger partial charge in [-0.2, -0.15) is 0 Å². The second-order valence-corrected chi connectivity index (χ2v) is 7.45. The minimum atomic E-state index is 0.650. The van der Waals surface area contributed by atoms with E-state index >= 15 is 0 Å². The van der Waals surface area contributed by atoms with Crippen LogP contribution in [0.3, 0.4) is 0 Å². The summed E-state index contributed by atoms with van der Waals surface area (Å²) in [6.45, 7) is 9.76. The average Bonchev–Trinajstić information content (AvgIpc) is 2.69. The van der Waals surface area contributed by atoms with Gasteiger partial charge in [0.1, 0.15) is 0 Å². The van der Waals surface area contributed by atoms with Crippen LogP contribution in [0.1, 0.15) is 46.1 Å². The molecule has 0 unspecified atom stereocenters. The molecule has 0 atom stereocenters. The van der Waals surface area contributed by atoms with E-state index in [-0.39, 0.29) is 0 Å². The second kappa shape index (κ2) is 7.19. The molecule has 114 valence electrons. The summed E-state index contributed by atoms with van der Waals surface area (Å²) >= 11 is 1.86. The number of aryl methyl sites for hydroxylation is 2. The van der Waals surface area contributed by atoms with Crippen molar-refractivity contribution in [3.05, 3.63) is 50.5 Å². The number of nitrogens with one attached hydrogen (secondary N) is 1. The molecule has 3 heteroatoms. The monoisotopic (exact) mass is 302 g/mol. The average molecular weight is 302 g/mol. The van der Waals surface area contributed by atoms with Gasteiger partial charge in [-0.05, 0) is 38.8 Å². The third-order valence-electron chi connectivity index (χ3n) is 3.40. The number of hydrogen-bond acceptors (Lipinski definition) is 3. The minimum Gasteiger partial charge on any atom is -0.315 e. The van der Waals surface area contributed by atoms with Crippen molar-refractivity contribution in [2.45, 2.75) is 47.1 Å².